The first-order chi connectivity index (χ1) is 9.52. The first-order valence-corrected chi connectivity index (χ1v) is 6.30. The number of carbonyl (C=O) groups excluding carboxylic acids is 1. The van der Waals surface area contributed by atoms with Crippen LogP contribution in [-0.2, 0) is 9.53 Å². The maximum Gasteiger partial charge on any atom is 0.331 e. The standard InChI is InChI=1S/C15H16N2O3/c1-10(2)11-4-5-13-12(8-11)15(19)17(9-16-13)7-6-14(18)20-3/h4-10H,1-3H3. The molecule has 2 rings (SSSR count). The van der Waals surface area contributed by atoms with E-state index in [1.54, 1.807) is 0 Å². The second kappa shape index (κ2) is 5.69. The number of hydrogen-bond donors (Lipinski definition) is 0. The van der Waals surface area contributed by atoms with Gasteiger partial charge >= 0.3 is 5.97 Å². The molecule has 0 aliphatic carbocycles. The molecule has 0 spiro atoms. The monoisotopic (exact) mass is 272 g/mol. The van der Waals surface area contributed by atoms with E-state index >= 15 is 0 Å². The molecule has 0 unspecified atom stereocenters. The van der Waals surface area contributed by atoms with Crippen molar-refractivity contribution in [1.82, 2.24) is 9.55 Å². The second-order valence-corrected chi connectivity index (χ2v) is 4.73. The molecule has 0 fully saturated rings. The predicted molar refractivity (Wildman–Crippen MR) is 77.4 cm³/mol. The SMILES string of the molecule is COC(=O)C=Cn1cnc2ccc(C(C)C)cc2c1=O. The number of carbonyl (C=O) groups is 1. The highest BCUT2D eigenvalue weighted by molar-refractivity contribution is 5.85. The lowest BCUT2D eigenvalue weighted by atomic mass is 10.0. The summed E-state index contributed by atoms with van der Waals surface area (Å²) in [7, 11) is 1.28. The molecule has 2 aromatic rings. The average molecular weight is 272 g/mol. The Hall–Kier alpha value is -2.43. The van der Waals surface area contributed by atoms with Crippen LogP contribution in [0, 0.1) is 0 Å². The smallest absolute Gasteiger partial charge is 0.331 e. The van der Waals surface area contributed by atoms with Gasteiger partial charge in [-0.05, 0) is 23.6 Å². The minimum absolute atomic E-state index is 0.211. The van der Waals surface area contributed by atoms with Crippen molar-refractivity contribution >= 4 is 23.1 Å². The molecule has 0 atom stereocenters. The number of ether oxygens (including phenoxy) is 1. The molecule has 0 aliphatic heterocycles. The van der Waals surface area contributed by atoms with E-state index in [2.05, 4.69) is 23.6 Å². The lowest BCUT2D eigenvalue weighted by Gasteiger charge is -2.07. The van der Waals surface area contributed by atoms with Gasteiger partial charge in [0, 0.05) is 12.3 Å². The van der Waals surface area contributed by atoms with Crippen LogP contribution in [0.3, 0.4) is 0 Å². The summed E-state index contributed by atoms with van der Waals surface area (Å²) in [6.45, 7) is 4.13. The zero-order valence-electron chi connectivity index (χ0n) is 11.7. The van der Waals surface area contributed by atoms with Gasteiger partial charge in [-0.2, -0.15) is 0 Å². The highest BCUT2D eigenvalue weighted by atomic mass is 16.5. The molecule has 104 valence electrons. The van der Waals surface area contributed by atoms with Crippen LogP contribution in [-0.4, -0.2) is 22.6 Å². The molecule has 0 N–H and O–H groups in total. The van der Waals surface area contributed by atoms with E-state index in [4.69, 9.17) is 0 Å². The average Bonchev–Trinajstić information content (AvgIpc) is 2.45. The minimum Gasteiger partial charge on any atom is -0.466 e. The molecule has 0 aliphatic rings. The number of esters is 1. The highest BCUT2D eigenvalue weighted by Gasteiger charge is 2.06. The summed E-state index contributed by atoms with van der Waals surface area (Å²) in [5.41, 5.74) is 1.51. The lowest BCUT2D eigenvalue weighted by molar-refractivity contribution is -0.134. The normalized spacial score (nSPS) is 11.4. The van der Waals surface area contributed by atoms with Crippen LogP contribution in [0.1, 0.15) is 25.3 Å². The van der Waals surface area contributed by atoms with Gasteiger partial charge in [-0.3, -0.25) is 9.36 Å². The van der Waals surface area contributed by atoms with Gasteiger partial charge in [0.25, 0.3) is 5.56 Å². The molecule has 1 heterocycles. The van der Waals surface area contributed by atoms with Crippen molar-refractivity contribution in [2.24, 2.45) is 0 Å². The van der Waals surface area contributed by atoms with E-state index < -0.39 is 5.97 Å². The number of hydrogen-bond acceptors (Lipinski definition) is 4. The number of methoxy groups -OCH3 is 1. The zero-order valence-corrected chi connectivity index (χ0v) is 11.7. The second-order valence-electron chi connectivity index (χ2n) is 4.73. The van der Waals surface area contributed by atoms with Crippen LogP contribution in [0.25, 0.3) is 17.1 Å². The van der Waals surface area contributed by atoms with Gasteiger partial charge in [0.05, 0.1) is 18.0 Å². The molecule has 0 amide bonds. The molecule has 20 heavy (non-hydrogen) atoms. The Kier molecular flexibility index (Phi) is 3.98. The van der Waals surface area contributed by atoms with E-state index in [0.717, 1.165) is 5.56 Å². The van der Waals surface area contributed by atoms with Gasteiger partial charge in [0.15, 0.2) is 0 Å². The van der Waals surface area contributed by atoms with Gasteiger partial charge in [-0.25, -0.2) is 9.78 Å². The Balaban J connectivity index is 2.54. The first-order valence-electron chi connectivity index (χ1n) is 6.30. The molecule has 0 saturated heterocycles. The van der Waals surface area contributed by atoms with Gasteiger partial charge in [-0.15, -0.1) is 0 Å². The Morgan fingerprint density at radius 1 is 1.40 bits per heavy atom. The summed E-state index contributed by atoms with van der Waals surface area (Å²) < 4.78 is 5.76. The predicted octanol–water partition coefficient (Wildman–Crippen LogP) is 2.16. The number of rotatable bonds is 3. The Morgan fingerprint density at radius 3 is 2.80 bits per heavy atom. The molecular formula is C15H16N2O3. The quantitative estimate of drug-likeness (QED) is 0.634. The van der Waals surface area contributed by atoms with Gasteiger partial charge in [0.1, 0.15) is 6.33 Å². The Bertz CT molecular complexity index is 729. The third kappa shape index (κ3) is 2.77. The van der Waals surface area contributed by atoms with Crippen molar-refractivity contribution in [2.45, 2.75) is 19.8 Å². The van der Waals surface area contributed by atoms with Gasteiger partial charge in [-0.1, -0.05) is 19.9 Å². The van der Waals surface area contributed by atoms with Crippen LogP contribution in [0.2, 0.25) is 0 Å². The summed E-state index contributed by atoms with van der Waals surface area (Å²) >= 11 is 0. The summed E-state index contributed by atoms with van der Waals surface area (Å²) in [5.74, 6) is -0.189. The van der Waals surface area contributed by atoms with Crippen molar-refractivity contribution < 1.29 is 9.53 Å². The number of nitrogens with zero attached hydrogens (tertiary/aromatic N) is 2. The fraction of sp³-hybridized carbons (Fsp3) is 0.267. The van der Waals surface area contributed by atoms with Crippen LogP contribution in [0.15, 0.2) is 35.4 Å². The Labute approximate surface area is 116 Å². The van der Waals surface area contributed by atoms with Gasteiger partial charge < -0.3 is 4.74 Å². The van der Waals surface area contributed by atoms with E-state index in [1.165, 1.54) is 30.3 Å². The van der Waals surface area contributed by atoms with Crippen LogP contribution in [0.4, 0.5) is 0 Å². The van der Waals surface area contributed by atoms with E-state index in [9.17, 15) is 9.59 Å². The largest absolute Gasteiger partial charge is 0.466 e. The fourth-order valence-electron chi connectivity index (χ4n) is 1.83. The van der Waals surface area contributed by atoms with Crippen molar-refractivity contribution in [3.05, 3.63) is 46.5 Å². The maximum absolute atomic E-state index is 12.3. The summed E-state index contributed by atoms with van der Waals surface area (Å²) in [6, 6.07) is 5.65. The van der Waals surface area contributed by atoms with Crippen LogP contribution < -0.4 is 5.56 Å². The van der Waals surface area contributed by atoms with Crippen LogP contribution in [0.5, 0.6) is 0 Å². The summed E-state index contributed by atoms with van der Waals surface area (Å²) in [6.07, 6.45) is 3.92. The minimum atomic E-state index is -0.520. The van der Waals surface area contributed by atoms with E-state index in [0.29, 0.717) is 16.8 Å². The summed E-state index contributed by atoms with van der Waals surface area (Å²) in [5, 5.41) is 0.535. The molecule has 1 aromatic carbocycles. The van der Waals surface area contributed by atoms with Crippen molar-refractivity contribution in [3.63, 3.8) is 0 Å². The molecule has 0 radical (unpaired) electrons. The van der Waals surface area contributed by atoms with E-state index in [-0.39, 0.29) is 5.56 Å². The molecular weight excluding hydrogens is 256 g/mol. The zero-order chi connectivity index (χ0) is 14.7. The van der Waals surface area contributed by atoms with Crippen LogP contribution >= 0.6 is 0 Å². The number of aromatic nitrogens is 2. The van der Waals surface area contributed by atoms with Gasteiger partial charge in [0.2, 0.25) is 0 Å². The van der Waals surface area contributed by atoms with E-state index in [1.807, 2.05) is 18.2 Å². The van der Waals surface area contributed by atoms with Crippen molar-refractivity contribution in [1.29, 1.82) is 0 Å². The maximum atomic E-state index is 12.3. The first kappa shape index (κ1) is 14.0. The third-order valence-corrected chi connectivity index (χ3v) is 3.05. The summed E-state index contributed by atoms with van der Waals surface area (Å²) in [4.78, 5) is 27.6. The molecule has 1 aromatic heterocycles. The molecule has 5 nitrogen and oxygen atoms in total. The highest BCUT2D eigenvalue weighted by Crippen LogP contribution is 2.17. The lowest BCUT2D eigenvalue weighted by Crippen LogP contribution is -2.16. The fourth-order valence-corrected chi connectivity index (χ4v) is 1.83. The van der Waals surface area contributed by atoms with Crippen molar-refractivity contribution in [3.8, 4) is 0 Å². The third-order valence-electron chi connectivity index (χ3n) is 3.05. The molecule has 5 heteroatoms. The van der Waals surface area contributed by atoms with Crippen molar-refractivity contribution in [2.75, 3.05) is 7.11 Å². The number of benzene rings is 1. The molecule has 0 bridgehead atoms. The topological polar surface area (TPSA) is 61.2 Å². The molecule has 0 saturated carbocycles. The number of fused-ring (bicyclic) bond motifs is 1. The Morgan fingerprint density at radius 2 is 2.15 bits per heavy atom.